The maximum absolute atomic E-state index is 11.9. The van der Waals surface area contributed by atoms with Crippen molar-refractivity contribution < 1.29 is 4.79 Å². The molecule has 0 unspecified atom stereocenters. The molecule has 0 amide bonds. The first-order valence-corrected chi connectivity index (χ1v) is 6.04. The minimum absolute atomic E-state index is 0.00338. The molecular weight excluding hydrogens is 236 g/mol. The van der Waals surface area contributed by atoms with Crippen LogP contribution < -0.4 is 0 Å². The van der Waals surface area contributed by atoms with Crippen molar-refractivity contribution in [2.24, 2.45) is 7.05 Å². The van der Waals surface area contributed by atoms with Crippen LogP contribution in [-0.2, 0) is 13.5 Å². The highest BCUT2D eigenvalue weighted by Crippen LogP contribution is 2.12. The predicted molar refractivity (Wildman–Crippen MR) is 64.3 cm³/mol. The van der Waals surface area contributed by atoms with Crippen LogP contribution in [0, 0.1) is 0 Å². The molecule has 0 aliphatic carbocycles. The van der Waals surface area contributed by atoms with Gasteiger partial charge in [0, 0.05) is 31.0 Å². The number of carbonyl (C=O) groups is 1. The second-order valence-electron chi connectivity index (χ2n) is 3.80. The van der Waals surface area contributed by atoms with E-state index in [-0.39, 0.29) is 5.78 Å². The van der Waals surface area contributed by atoms with Crippen LogP contribution in [-0.4, -0.2) is 24.9 Å². The second-order valence-corrected chi connectivity index (χ2v) is 4.67. The van der Waals surface area contributed by atoms with Crippen molar-refractivity contribution in [2.45, 2.75) is 6.42 Å². The summed E-state index contributed by atoms with van der Waals surface area (Å²) >= 11 is 1.56. The Kier molecular flexibility index (Phi) is 2.29. The van der Waals surface area contributed by atoms with Crippen molar-refractivity contribution >= 4 is 22.1 Å². The van der Waals surface area contributed by atoms with Gasteiger partial charge in [0.25, 0.3) is 0 Å². The van der Waals surface area contributed by atoms with Gasteiger partial charge in [-0.3, -0.25) is 13.9 Å². The topological polar surface area (TPSA) is 52.2 Å². The number of aryl methyl sites for hydroxylation is 1. The zero-order valence-corrected chi connectivity index (χ0v) is 10.0. The van der Waals surface area contributed by atoms with E-state index in [2.05, 4.69) is 10.1 Å². The van der Waals surface area contributed by atoms with Gasteiger partial charge >= 0.3 is 0 Å². The van der Waals surface area contributed by atoms with Crippen LogP contribution in [0.3, 0.4) is 0 Å². The van der Waals surface area contributed by atoms with Gasteiger partial charge in [0.15, 0.2) is 10.7 Å². The molecule has 86 valence electrons. The molecule has 0 fully saturated rings. The Bertz CT molecular complexity index is 650. The molecule has 0 aliphatic rings. The Balaban J connectivity index is 1.83. The van der Waals surface area contributed by atoms with E-state index in [0.717, 1.165) is 10.7 Å². The molecule has 3 heterocycles. The molecule has 0 radical (unpaired) electrons. The van der Waals surface area contributed by atoms with E-state index in [9.17, 15) is 4.79 Å². The van der Waals surface area contributed by atoms with Gasteiger partial charge in [0.1, 0.15) is 5.69 Å². The first-order valence-electron chi connectivity index (χ1n) is 5.16. The number of hydrogen-bond acceptors (Lipinski definition) is 4. The van der Waals surface area contributed by atoms with Gasteiger partial charge in [-0.25, -0.2) is 4.98 Å². The molecule has 6 heteroatoms. The number of fused-ring (bicyclic) bond motifs is 1. The van der Waals surface area contributed by atoms with E-state index < -0.39 is 0 Å². The molecule has 0 aromatic carbocycles. The molecule has 0 saturated heterocycles. The second kappa shape index (κ2) is 3.81. The minimum Gasteiger partial charge on any atom is -0.297 e. The summed E-state index contributed by atoms with van der Waals surface area (Å²) in [5, 5.41) is 6.05. The highest BCUT2D eigenvalue weighted by molar-refractivity contribution is 7.15. The largest absolute Gasteiger partial charge is 0.297 e. The lowest BCUT2D eigenvalue weighted by atomic mass is 10.2. The first kappa shape index (κ1) is 10.2. The Hall–Kier alpha value is -1.95. The molecule has 17 heavy (non-hydrogen) atoms. The van der Waals surface area contributed by atoms with Crippen LogP contribution in [0.15, 0.2) is 30.0 Å². The van der Waals surface area contributed by atoms with Crippen LogP contribution in [0.25, 0.3) is 4.96 Å². The van der Waals surface area contributed by atoms with Gasteiger partial charge in [-0.1, -0.05) is 0 Å². The molecular formula is C11H10N4OS. The number of thiazole rings is 1. The summed E-state index contributed by atoms with van der Waals surface area (Å²) in [7, 11) is 1.80. The van der Waals surface area contributed by atoms with E-state index in [0.29, 0.717) is 12.1 Å². The number of hydrogen-bond donors (Lipinski definition) is 0. The third kappa shape index (κ3) is 1.87. The molecule has 0 atom stereocenters. The summed E-state index contributed by atoms with van der Waals surface area (Å²) in [5.41, 5.74) is 1.27. The Morgan fingerprint density at radius 1 is 1.47 bits per heavy atom. The smallest absolute Gasteiger partial charge is 0.193 e. The van der Waals surface area contributed by atoms with Gasteiger partial charge in [-0.15, -0.1) is 11.3 Å². The number of nitrogens with zero attached hydrogens (tertiary/aromatic N) is 4. The molecule has 3 aromatic rings. The molecule has 0 spiro atoms. The van der Waals surface area contributed by atoms with Crippen LogP contribution in [0.2, 0.25) is 0 Å². The van der Waals surface area contributed by atoms with E-state index in [4.69, 9.17) is 0 Å². The van der Waals surface area contributed by atoms with Gasteiger partial charge in [-0.2, -0.15) is 5.10 Å². The van der Waals surface area contributed by atoms with Crippen LogP contribution in [0.4, 0.5) is 0 Å². The Morgan fingerprint density at radius 3 is 3.06 bits per heavy atom. The summed E-state index contributed by atoms with van der Waals surface area (Å²) in [6, 6.07) is 1.72. The van der Waals surface area contributed by atoms with Crippen LogP contribution in [0.1, 0.15) is 16.2 Å². The SMILES string of the molecule is Cn1ccc(C(=O)Cc2cn3ccsc3n2)n1. The zero-order valence-electron chi connectivity index (χ0n) is 9.20. The number of carbonyl (C=O) groups excluding carboxylic acids is 1. The number of imidazole rings is 1. The van der Waals surface area contributed by atoms with Gasteiger partial charge in [0.05, 0.1) is 12.1 Å². The summed E-state index contributed by atoms with van der Waals surface area (Å²) in [6.07, 6.45) is 5.87. The van der Waals surface area contributed by atoms with Crippen molar-refractivity contribution in [2.75, 3.05) is 0 Å². The first-order chi connectivity index (χ1) is 8.22. The van der Waals surface area contributed by atoms with E-state index in [1.54, 1.807) is 35.3 Å². The number of ketones is 1. The monoisotopic (exact) mass is 246 g/mol. The third-order valence-corrected chi connectivity index (χ3v) is 3.25. The van der Waals surface area contributed by atoms with Crippen LogP contribution >= 0.6 is 11.3 Å². The molecule has 3 aromatic heterocycles. The number of Topliss-reactive ketones (excluding diaryl/α,β-unsaturated/α-hetero) is 1. The Morgan fingerprint density at radius 2 is 2.35 bits per heavy atom. The van der Waals surface area contributed by atoms with Crippen molar-refractivity contribution in [3.8, 4) is 0 Å². The molecule has 0 aliphatic heterocycles. The molecule has 0 saturated carbocycles. The zero-order chi connectivity index (χ0) is 11.8. The molecule has 0 bridgehead atoms. The molecule has 3 rings (SSSR count). The summed E-state index contributed by atoms with van der Waals surface area (Å²) < 4.78 is 3.55. The highest BCUT2D eigenvalue weighted by atomic mass is 32.1. The quantitative estimate of drug-likeness (QED) is 0.659. The van der Waals surface area contributed by atoms with Crippen molar-refractivity contribution in [1.82, 2.24) is 19.2 Å². The third-order valence-electron chi connectivity index (χ3n) is 2.48. The van der Waals surface area contributed by atoms with Crippen molar-refractivity contribution in [3.63, 3.8) is 0 Å². The van der Waals surface area contributed by atoms with Gasteiger partial charge < -0.3 is 0 Å². The van der Waals surface area contributed by atoms with E-state index >= 15 is 0 Å². The average molecular weight is 246 g/mol. The standard InChI is InChI=1S/C11H10N4OS/c1-14-3-2-9(13-14)10(16)6-8-7-15-4-5-17-11(15)12-8/h2-5,7H,6H2,1H3. The maximum atomic E-state index is 11.9. The predicted octanol–water partition coefficient (Wildman–Crippen LogP) is 1.55. The fourth-order valence-corrected chi connectivity index (χ4v) is 2.40. The summed E-state index contributed by atoms with van der Waals surface area (Å²) in [4.78, 5) is 17.2. The lowest BCUT2D eigenvalue weighted by Gasteiger charge is -1.92. The average Bonchev–Trinajstić information content (AvgIpc) is 2.92. The van der Waals surface area contributed by atoms with E-state index in [1.165, 1.54) is 0 Å². The van der Waals surface area contributed by atoms with Crippen molar-refractivity contribution in [1.29, 1.82) is 0 Å². The normalized spacial score (nSPS) is 11.1. The number of rotatable bonds is 3. The highest BCUT2D eigenvalue weighted by Gasteiger charge is 2.12. The van der Waals surface area contributed by atoms with Gasteiger partial charge in [-0.05, 0) is 6.07 Å². The molecule has 0 N–H and O–H groups in total. The van der Waals surface area contributed by atoms with Gasteiger partial charge in [0.2, 0.25) is 0 Å². The number of aromatic nitrogens is 4. The van der Waals surface area contributed by atoms with Crippen molar-refractivity contribution in [3.05, 3.63) is 41.4 Å². The van der Waals surface area contributed by atoms with E-state index in [1.807, 2.05) is 22.2 Å². The fourth-order valence-electron chi connectivity index (χ4n) is 1.68. The maximum Gasteiger partial charge on any atom is 0.193 e. The Labute approximate surface area is 101 Å². The lowest BCUT2D eigenvalue weighted by molar-refractivity contribution is 0.0986. The summed E-state index contributed by atoms with van der Waals surface area (Å²) in [6.45, 7) is 0. The summed E-state index contributed by atoms with van der Waals surface area (Å²) in [5.74, 6) is -0.00338. The van der Waals surface area contributed by atoms with Crippen LogP contribution in [0.5, 0.6) is 0 Å². The lowest BCUT2D eigenvalue weighted by Crippen LogP contribution is -2.05. The molecule has 5 nitrogen and oxygen atoms in total. The fraction of sp³-hybridized carbons (Fsp3) is 0.182. The minimum atomic E-state index is -0.00338.